The van der Waals surface area contributed by atoms with Crippen LogP contribution in [0.15, 0.2) is 12.4 Å². The first-order chi connectivity index (χ1) is 7.78. The lowest BCUT2D eigenvalue weighted by molar-refractivity contribution is 0.602. The third-order valence-electron chi connectivity index (χ3n) is 2.11. The summed E-state index contributed by atoms with van der Waals surface area (Å²) in [4.78, 5) is 4.24. The molecular formula is C10H15N5S. The van der Waals surface area contributed by atoms with E-state index in [4.69, 9.17) is 0 Å². The zero-order valence-corrected chi connectivity index (χ0v) is 10.3. The Morgan fingerprint density at radius 2 is 2.38 bits per heavy atom. The standard InChI is InChI=1S/C10H15N5S/c1-3-4-15-7-9(6-12-15)5-11-10-13-8(2)14-16-10/h6-7H,3-5H2,1-2H3,(H,11,13,14). The minimum Gasteiger partial charge on any atom is -0.356 e. The number of hydrogen-bond donors (Lipinski definition) is 1. The van der Waals surface area contributed by atoms with Gasteiger partial charge in [-0.3, -0.25) is 4.68 Å². The van der Waals surface area contributed by atoms with Crippen LogP contribution < -0.4 is 5.32 Å². The molecule has 0 unspecified atom stereocenters. The lowest BCUT2D eigenvalue weighted by Crippen LogP contribution is -1.98. The van der Waals surface area contributed by atoms with Gasteiger partial charge in [-0.25, -0.2) is 4.98 Å². The fraction of sp³-hybridized carbons (Fsp3) is 0.500. The van der Waals surface area contributed by atoms with Gasteiger partial charge >= 0.3 is 0 Å². The number of hydrogen-bond acceptors (Lipinski definition) is 5. The molecule has 5 nitrogen and oxygen atoms in total. The van der Waals surface area contributed by atoms with E-state index in [1.54, 1.807) is 0 Å². The van der Waals surface area contributed by atoms with Gasteiger partial charge in [0.2, 0.25) is 5.13 Å². The zero-order chi connectivity index (χ0) is 11.4. The molecule has 0 atom stereocenters. The predicted molar refractivity (Wildman–Crippen MR) is 64.5 cm³/mol. The predicted octanol–water partition coefficient (Wildman–Crippen LogP) is 2.07. The van der Waals surface area contributed by atoms with Crippen LogP contribution in [0, 0.1) is 6.92 Å². The van der Waals surface area contributed by atoms with Gasteiger partial charge in [0, 0.05) is 36.4 Å². The topological polar surface area (TPSA) is 55.6 Å². The van der Waals surface area contributed by atoms with Crippen molar-refractivity contribution in [2.75, 3.05) is 5.32 Å². The van der Waals surface area contributed by atoms with E-state index in [0.717, 1.165) is 30.5 Å². The highest BCUT2D eigenvalue weighted by molar-refractivity contribution is 7.09. The van der Waals surface area contributed by atoms with Gasteiger partial charge in [0.05, 0.1) is 6.20 Å². The van der Waals surface area contributed by atoms with Crippen LogP contribution >= 0.6 is 11.5 Å². The molecule has 0 fully saturated rings. The number of aromatic nitrogens is 4. The fourth-order valence-corrected chi connectivity index (χ4v) is 1.96. The molecule has 0 amide bonds. The highest BCUT2D eigenvalue weighted by Gasteiger charge is 2.01. The Morgan fingerprint density at radius 3 is 3.06 bits per heavy atom. The van der Waals surface area contributed by atoms with Crippen molar-refractivity contribution in [1.29, 1.82) is 0 Å². The van der Waals surface area contributed by atoms with Crippen LogP contribution in [0.3, 0.4) is 0 Å². The highest BCUT2D eigenvalue weighted by atomic mass is 32.1. The summed E-state index contributed by atoms with van der Waals surface area (Å²) in [5.74, 6) is 0.814. The summed E-state index contributed by atoms with van der Waals surface area (Å²) in [5, 5.41) is 8.36. The SMILES string of the molecule is CCCn1cc(CNc2nc(C)ns2)cn1. The molecule has 2 aromatic rings. The van der Waals surface area contributed by atoms with Gasteiger partial charge in [-0.1, -0.05) is 6.92 Å². The second-order valence-corrected chi connectivity index (χ2v) is 4.36. The molecule has 2 heterocycles. The molecule has 0 aliphatic carbocycles. The third kappa shape index (κ3) is 2.79. The van der Waals surface area contributed by atoms with Crippen molar-refractivity contribution in [3.05, 3.63) is 23.8 Å². The quantitative estimate of drug-likeness (QED) is 0.865. The minimum absolute atomic E-state index is 0.748. The summed E-state index contributed by atoms with van der Waals surface area (Å²) >= 11 is 1.39. The normalized spacial score (nSPS) is 10.6. The number of nitrogens with one attached hydrogen (secondary N) is 1. The van der Waals surface area contributed by atoms with Crippen LogP contribution in [-0.4, -0.2) is 19.1 Å². The number of nitrogens with zero attached hydrogens (tertiary/aromatic N) is 4. The van der Waals surface area contributed by atoms with E-state index in [-0.39, 0.29) is 0 Å². The monoisotopic (exact) mass is 237 g/mol. The second-order valence-electron chi connectivity index (χ2n) is 3.61. The van der Waals surface area contributed by atoms with Gasteiger partial charge in [0.25, 0.3) is 0 Å². The van der Waals surface area contributed by atoms with Crippen LogP contribution in [0.1, 0.15) is 24.7 Å². The summed E-state index contributed by atoms with van der Waals surface area (Å²) < 4.78 is 6.07. The minimum atomic E-state index is 0.748. The van der Waals surface area contributed by atoms with E-state index < -0.39 is 0 Å². The Balaban J connectivity index is 1.89. The van der Waals surface area contributed by atoms with Gasteiger partial charge in [-0.15, -0.1) is 0 Å². The Bertz CT molecular complexity index is 448. The second kappa shape index (κ2) is 5.07. The Hall–Kier alpha value is -1.43. The van der Waals surface area contributed by atoms with Crippen LogP contribution in [0.2, 0.25) is 0 Å². The van der Waals surface area contributed by atoms with Gasteiger partial charge in [0.15, 0.2) is 0 Å². The molecule has 0 aliphatic heterocycles. The first-order valence-corrected chi connectivity index (χ1v) is 6.11. The maximum atomic E-state index is 4.27. The Morgan fingerprint density at radius 1 is 1.50 bits per heavy atom. The molecule has 0 aliphatic rings. The van der Waals surface area contributed by atoms with E-state index in [2.05, 4.69) is 32.9 Å². The maximum absolute atomic E-state index is 4.27. The van der Waals surface area contributed by atoms with Crippen molar-refractivity contribution < 1.29 is 0 Å². The molecule has 86 valence electrons. The molecule has 1 N–H and O–H groups in total. The molecule has 0 spiro atoms. The van der Waals surface area contributed by atoms with Crippen molar-refractivity contribution in [3.8, 4) is 0 Å². The Labute approximate surface area is 98.7 Å². The average Bonchev–Trinajstić information content (AvgIpc) is 2.85. The summed E-state index contributed by atoms with van der Waals surface area (Å²) in [7, 11) is 0. The number of anilines is 1. The highest BCUT2D eigenvalue weighted by Crippen LogP contribution is 2.11. The zero-order valence-electron chi connectivity index (χ0n) is 9.47. The van der Waals surface area contributed by atoms with Crippen molar-refractivity contribution in [1.82, 2.24) is 19.1 Å². The molecule has 6 heteroatoms. The molecule has 2 aromatic heterocycles. The maximum Gasteiger partial charge on any atom is 0.202 e. The van der Waals surface area contributed by atoms with Crippen LogP contribution in [0.4, 0.5) is 5.13 Å². The van der Waals surface area contributed by atoms with Crippen LogP contribution in [-0.2, 0) is 13.1 Å². The molecule has 0 bridgehead atoms. The molecule has 0 saturated carbocycles. The van der Waals surface area contributed by atoms with Crippen molar-refractivity contribution in [3.63, 3.8) is 0 Å². The first kappa shape index (κ1) is 11.1. The van der Waals surface area contributed by atoms with Gasteiger partial charge in [-0.05, 0) is 13.3 Å². The third-order valence-corrected chi connectivity index (χ3v) is 2.87. The van der Waals surface area contributed by atoms with Crippen LogP contribution in [0.5, 0.6) is 0 Å². The average molecular weight is 237 g/mol. The summed E-state index contributed by atoms with van der Waals surface area (Å²) in [6, 6.07) is 0. The van der Waals surface area contributed by atoms with Crippen LogP contribution in [0.25, 0.3) is 0 Å². The number of rotatable bonds is 5. The largest absolute Gasteiger partial charge is 0.356 e. The molecule has 0 aromatic carbocycles. The van der Waals surface area contributed by atoms with E-state index in [1.807, 2.05) is 17.8 Å². The smallest absolute Gasteiger partial charge is 0.202 e. The molecule has 16 heavy (non-hydrogen) atoms. The van der Waals surface area contributed by atoms with Gasteiger partial charge < -0.3 is 5.32 Å². The molecule has 0 radical (unpaired) electrons. The van der Waals surface area contributed by atoms with Crippen molar-refractivity contribution in [2.24, 2.45) is 0 Å². The lowest BCUT2D eigenvalue weighted by Gasteiger charge is -1.98. The first-order valence-electron chi connectivity index (χ1n) is 5.33. The van der Waals surface area contributed by atoms with Crippen molar-refractivity contribution in [2.45, 2.75) is 33.4 Å². The Kier molecular flexibility index (Phi) is 3.51. The molecular weight excluding hydrogens is 222 g/mol. The molecule has 2 rings (SSSR count). The van der Waals surface area contributed by atoms with E-state index in [9.17, 15) is 0 Å². The fourth-order valence-electron chi connectivity index (χ4n) is 1.40. The summed E-state index contributed by atoms with van der Waals surface area (Å²) in [6.07, 6.45) is 5.05. The van der Waals surface area contributed by atoms with Gasteiger partial charge in [0.1, 0.15) is 5.82 Å². The van der Waals surface area contributed by atoms with Crippen molar-refractivity contribution >= 4 is 16.7 Å². The summed E-state index contributed by atoms with van der Waals surface area (Å²) in [5.41, 5.74) is 1.17. The van der Waals surface area contributed by atoms with E-state index in [0.29, 0.717) is 0 Å². The molecule has 0 saturated heterocycles. The van der Waals surface area contributed by atoms with E-state index in [1.165, 1.54) is 17.1 Å². The lowest BCUT2D eigenvalue weighted by atomic mass is 10.4. The number of aryl methyl sites for hydroxylation is 2. The summed E-state index contributed by atoms with van der Waals surface area (Å²) in [6.45, 7) is 5.75. The van der Waals surface area contributed by atoms with E-state index >= 15 is 0 Å². The van der Waals surface area contributed by atoms with Gasteiger partial charge in [-0.2, -0.15) is 9.47 Å².